The number of nitrogens with zero attached hydrogens (tertiary/aromatic N) is 3. The van der Waals surface area contributed by atoms with Crippen molar-refractivity contribution in [1.29, 1.82) is 0 Å². The molecule has 1 heterocycles. The summed E-state index contributed by atoms with van der Waals surface area (Å²) in [4.78, 5) is 15.5. The minimum Gasteiger partial charge on any atom is -0.345 e. The van der Waals surface area contributed by atoms with Gasteiger partial charge in [0.2, 0.25) is 15.9 Å². The van der Waals surface area contributed by atoms with Gasteiger partial charge in [0.05, 0.1) is 18.0 Å². The summed E-state index contributed by atoms with van der Waals surface area (Å²) in [5, 5.41) is 0. The standard InChI is InChI=1S/C28H36BrN3O3S/c1-4-6-18-31(21-26-8-7-19-30(26)20-24-11-13-25(29)14-12-24)28(33)22-32(17-5-2)36(34,35)27-15-9-23(3)10-16-27/h7-16,19H,4-6,17-18,20-22H2,1-3H3. The van der Waals surface area contributed by atoms with Crippen molar-refractivity contribution in [3.8, 4) is 0 Å². The van der Waals surface area contributed by atoms with E-state index in [0.29, 0.717) is 32.6 Å². The summed E-state index contributed by atoms with van der Waals surface area (Å²) in [5.41, 5.74) is 3.18. The number of unbranched alkanes of at least 4 members (excludes halogenated alkanes) is 1. The molecule has 0 bridgehead atoms. The zero-order valence-corrected chi connectivity index (χ0v) is 23.8. The molecule has 6 nitrogen and oxygen atoms in total. The molecule has 0 saturated heterocycles. The molecular weight excluding hydrogens is 538 g/mol. The summed E-state index contributed by atoms with van der Waals surface area (Å²) in [6.07, 6.45) is 4.45. The largest absolute Gasteiger partial charge is 0.345 e. The van der Waals surface area contributed by atoms with Crippen LogP contribution in [0.5, 0.6) is 0 Å². The van der Waals surface area contributed by atoms with Crippen LogP contribution in [0, 0.1) is 6.92 Å². The third-order valence-electron chi connectivity index (χ3n) is 6.12. The van der Waals surface area contributed by atoms with Crippen LogP contribution in [0.15, 0.2) is 76.2 Å². The number of benzene rings is 2. The van der Waals surface area contributed by atoms with Gasteiger partial charge >= 0.3 is 0 Å². The van der Waals surface area contributed by atoms with E-state index in [1.54, 1.807) is 29.2 Å². The smallest absolute Gasteiger partial charge is 0.243 e. The van der Waals surface area contributed by atoms with Crippen molar-refractivity contribution < 1.29 is 13.2 Å². The topological polar surface area (TPSA) is 62.6 Å². The van der Waals surface area contributed by atoms with Crippen molar-refractivity contribution in [2.24, 2.45) is 0 Å². The van der Waals surface area contributed by atoms with Crippen molar-refractivity contribution in [1.82, 2.24) is 13.8 Å². The van der Waals surface area contributed by atoms with Crippen LogP contribution in [-0.2, 0) is 27.9 Å². The van der Waals surface area contributed by atoms with E-state index in [9.17, 15) is 13.2 Å². The van der Waals surface area contributed by atoms with E-state index in [4.69, 9.17) is 0 Å². The van der Waals surface area contributed by atoms with Crippen molar-refractivity contribution in [2.75, 3.05) is 19.6 Å². The van der Waals surface area contributed by atoms with E-state index >= 15 is 0 Å². The molecule has 0 spiro atoms. The average Bonchev–Trinajstić information content (AvgIpc) is 3.29. The number of aryl methyl sites for hydroxylation is 1. The third kappa shape index (κ3) is 7.54. The number of sulfonamides is 1. The van der Waals surface area contributed by atoms with Crippen LogP contribution in [0.1, 0.15) is 49.9 Å². The maximum atomic E-state index is 13.5. The summed E-state index contributed by atoms with van der Waals surface area (Å²) in [5.74, 6) is -0.177. The summed E-state index contributed by atoms with van der Waals surface area (Å²) in [7, 11) is -3.77. The van der Waals surface area contributed by atoms with E-state index in [0.717, 1.165) is 28.6 Å². The number of carbonyl (C=O) groups is 1. The number of halogens is 1. The van der Waals surface area contributed by atoms with E-state index in [2.05, 4.69) is 39.6 Å². The van der Waals surface area contributed by atoms with Crippen LogP contribution in [0.3, 0.4) is 0 Å². The predicted molar refractivity (Wildman–Crippen MR) is 148 cm³/mol. The summed E-state index contributed by atoms with van der Waals surface area (Å²) < 4.78 is 31.2. The van der Waals surface area contributed by atoms with Crippen LogP contribution in [0.25, 0.3) is 0 Å². The van der Waals surface area contributed by atoms with Crippen LogP contribution in [0.2, 0.25) is 0 Å². The Morgan fingerprint density at radius 2 is 1.64 bits per heavy atom. The molecule has 0 aliphatic carbocycles. The molecule has 0 aliphatic heterocycles. The molecule has 0 atom stereocenters. The Labute approximate surface area is 224 Å². The first-order valence-corrected chi connectivity index (χ1v) is 14.7. The lowest BCUT2D eigenvalue weighted by Crippen LogP contribution is -2.43. The molecule has 8 heteroatoms. The maximum Gasteiger partial charge on any atom is 0.243 e. The summed E-state index contributed by atoms with van der Waals surface area (Å²) in [6, 6.07) is 19.0. The number of aromatic nitrogens is 1. The van der Waals surface area contributed by atoms with Gasteiger partial charge in [-0.3, -0.25) is 4.79 Å². The van der Waals surface area contributed by atoms with Crippen molar-refractivity contribution in [3.63, 3.8) is 0 Å². The van der Waals surface area contributed by atoms with Gasteiger partial charge < -0.3 is 9.47 Å². The molecule has 0 fully saturated rings. The Bertz CT molecular complexity index is 1220. The Kier molecular flexibility index (Phi) is 10.3. The van der Waals surface area contributed by atoms with Gasteiger partial charge in [-0.05, 0) is 61.7 Å². The number of rotatable bonds is 13. The average molecular weight is 575 g/mol. The molecule has 0 radical (unpaired) electrons. The highest BCUT2D eigenvalue weighted by molar-refractivity contribution is 9.10. The second kappa shape index (κ2) is 13.2. The molecule has 36 heavy (non-hydrogen) atoms. The van der Waals surface area contributed by atoms with Gasteiger partial charge in [0, 0.05) is 36.0 Å². The van der Waals surface area contributed by atoms with E-state index < -0.39 is 10.0 Å². The predicted octanol–water partition coefficient (Wildman–Crippen LogP) is 5.84. The van der Waals surface area contributed by atoms with Gasteiger partial charge in [0.25, 0.3) is 0 Å². The van der Waals surface area contributed by atoms with Crippen LogP contribution >= 0.6 is 15.9 Å². The third-order valence-corrected chi connectivity index (χ3v) is 8.51. The second-order valence-corrected chi connectivity index (χ2v) is 11.9. The molecule has 3 rings (SSSR count). The van der Waals surface area contributed by atoms with Gasteiger partial charge in [-0.1, -0.05) is 66.0 Å². The summed E-state index contributed by atoms with van der Waals surface area (Å²) >= 11 is 3.48. The lowest BCUT2D eigenvalue weighted by molar-refractivity contribution is -0.132. The van der Waals surface area contributed by atoms with Gasteiger partial charge in [-0.2, -0.15) is 4.31 Å². The molecular formula is C28H36BrN3O3S. The Balaban J connectivity index is 1.79. The highest BCUT2D eigenvalue weighted by atomic mass is 79.9. The fourth-order valence-corrected chi connectivity index (χ4v) is 5.76. The Morgan fingerprint density at radius 1 is 0.944 bits per heavy atom. The van der Waals surface area contributed by atoms with Crippen LogP contribution in [0.4, 0.5) is 0 Å². The number of carbonyl (C=O) groups excluding carboxylic acids is 1. The zero-order chi connectivity index (χ0) is 26.1. The van der Waals surface area contributed by atoms with Gasteiger partial charge in [0.15, 0.2) is 0 Å². The van der Waals surface area contributed by atoms with E-state index in [-0.39, 0.29) is 17.3 Å². The minimum absolute atomic E-state index is 0.165. The van der Waals surface area contributed by atoms with Crippen LogP contribution in [-0.4, -0.2) is 47.7 Å². The number of hydrogen-bond donors (Lipinski definition) is 0. The number of amides is 1. The van der Waals surface area contributed by atoms with Gasteiger partial charge in [-0.15, -0.1) is 0 Å². The Morgan fingerprint density at radius 3 is 2.28 bits per heavy atom. The lowest BCUT2D eigenvalue weighted by Gasteiger charge is -2.27. The van der Waals surface area contributed by atoms with Crippen molar-refractivity contribution in [3.05, 3.63) is 88.2 Å². The molecule has 0 aliphatic rings. The normalized spacial score (nSPS) is 11.7. The fourth-order valence-electron chi connectivity index (χ4n) is 4.01. The van der Waals surface area contributed by atoms with Crippen molar-refractivity contribution in [2.45, 2.75) is 58.0 Å². The van der Waals surface area contributed by atoms with E-state index in [1.807, 2.05) is 44.3 Å². The fraction of sp³-hybridized carbons (Fsp3) is 0.393. The highest BCUT2D eigenvalue weighted by Crippen LogP contribution is 2.19. The Hall–Kier alpha value is -2.42. The maximum absolute atomic E-state index is 13.5. The minimum atomic E-state index is -3.77. The van der Waals surface area contributed by atoms with Crippen LogP contribution < -0.4 is 0 Å². The van der Waals surface area contributed by atoms with E-state index in [1.165, 1.54) is 9.87 Å². The second-order valence-electron chi connectivity index (χ2n) is 9.07. The van der Waals surface area contributed by atoms with Crippen molar-refractivity contribution >= 4 is 31.9 Å². The van der Waals surface area contributed by atoms with Gasteiger partial charge in [-0.25, -0.2) is 8.42 Å². The first-order valence-electron chi connectivity index (χ1n) is 12.5. The molecule has 0 N–H and O–H groups in total. The monoisotopic (exact) mass is 573 g/mol. The van der Waals surface area contributed by atoms with Gasteiger partial charge in [0.1, 0.15) is 0 Å². The molecule has 194 valence electrons. The number of hydrogen-bond acceptors (Lipinski definition) is 3. The zero-order valence-electron chi connectivity index (χ0n) is 21.4. The molecule has 0 unspecified atom stereocenters. The molecule has 1 aromatic heterocycles. The molecule has 0 saturated carbocycles. The summed E-state index contributed by atoms with van der Waals surface area (Å²) in [6.45, 7) is 7.79. The lowest BCUT2D eigenvalue weighted by atomic mass is 10.2. The molecule has 1 amide bonds. The highest BCUT2D eigenvalue weighted by Gasteiger charge is 2.28. The SMILES string of the molecule is CCCCN(Cc1cccn1Cc1ccc(Br)cc1)C(=O)CN(CCC)S(=O)(=O)c1ccc(C)cc1. The quantitative estimate of drug-likeness (QED) is 0.258. The first kappa shape index (κ1) is 28.2. The first-order chi connectivity index (χ1) is 17.2. The molecule has 2 aromatic carbocycles. The molecule has 3 aromatic rings.